The number of H-pyrrole nitrogens is 1. The Kier molecular flexibility index (Phi) is 4.95. The minimum absolute atomic E-state index is 0.146. The average molecular weight is 411 g/mol. The van der Waals surface area contributed by atoms with E-state index in [1.807, 2.05) is 0 Å². The van der Waals surface area contributed by atoms with Gasteiger partial charge in [0.25, 0.3) is 10.0 Å². The van der Waals surface area contributed by atoms with Crippen LogP contribution in [0, 0.1) is 0 Å². The summed E-state index contributed by atoms with van der Waals surface area (Å²) in [5, 5.41) is 11.2. The van der Waals surface area contributed by atoms with Crippen LogP contribution in [0.15, 0.2) is 47.9 Å². The van der Waals surface area contributed by atoms with Crippen LogP contribution in [0.1, 0.15) is 16.1 Å². The van der Waals surface area contributed by atoms with Crippen LogP contribution < -0.4 is 4.72 Å². The highest BCUT2D eigenvalue weighted by Gasteiger charge is 2.18. The lowest BCUT2D eigenvalue weighted by Gasteiger charge is -2.04. The second-order valence-electron chi connectivity index (χ2n) is 5.34. The zero-order valence-electron chi connectivity index (χ0n) is 13.0. The molecule has 26 heavy (non-hydrogen) atoms. The summed E-state index contributed by atoms with van der Waals surface area (Å²) in [7, 11) is -3.85. The molecule has 1 heterocycles. The molecule has 134 valence electrons. The third-order valence-corrected chi connectivity index (χ3v) is 5.05. The van der Waals surface area contributed by atoms with E-state index in [0.29, 0.717) is 21.6 Å². The Morgan fingerprint density at radius 1 is 1.15 bits per heavy atom. The second-order valence-corrected chi connectivity index (χ2v) is 7.75. The van der Waals surface area contributed by atoms with Crippen LogP contribution in [0.4, 0.5) is 5.69 Å². The van der Waals surface area contributed by atoms with Gasteiger partial charge in [0, 0.05) is 27.2 Å². The topological polar surface area (TPSA) is 99.3 Å². The van der Waals surface area contributed by atoms with Gasteiger partial charge in [-0.15, -0.1) is 0 Å². The number of carboxylic acids is 1. The van der Waals surface area contributed by atoms with Crippen LogP contribution in [-0.2, 0) is 10.0 Å². The molecule has 1 aromatic heterocycles. The molecule has 0 aliphatic rings. The summed E-state index contributed by atoms with van der Waals surface area (Å²) < 4.78 is 26.9. The zero-order chi connectivity index (χ0) is 18.9. The first-order chi connectivity index (χ1) is 12.3. The van der Waals surface area contributed by atoms with Gasteiger partial charge in [-0.3, -0.25) is 4.72 Å². The molecule has 0 fully saturated rings. The van der Waals surface area contributed by atoms with Gasteiger partial charge in [-0.05, 0) is 30.3 Å². The molecule has 0 unspecified atom stereocenters. The van der Waals surface area contributed by atoms with Gasteiger partial charge < -0.3 is 10.1 Å². The van der Waals surface area contributed by atoms with Crippen molar-refractivity contribution in [3.05, 3.63) is 69.2 Å². The molecule has 0 aliphatic heterocycles. The predicted molar refractivity (Wildman–Crippen MR) is 103 cm³/mol. The van der Waals surface area contributed by atoms with E-state index in [-0.39, 0.29) is 16.3 Å². The maximum atomic E-state index is 12.2. The van der Waals surface area contributed by atoms with E-state index in [1.54, 1.807) is 30.3 Å². The Morgan fingerprint density at radius 2 is 1.85 bits per heavy atom. The number of fused-ring (bicyclic) bond motifs is 1. The predicted octanol–water partition coefficient (Wildman–Crippen LogP) is 4.59. The monoisotopic (exact) mass is 410 g/mol. The van der Waals surface area contributed by atoms with Crippen LogP contribution in [0.5, 0.6) is 0 Å². The second kappa shape index (κ2) is 7.03. The Hall–Kier alpha value is -2.48. The first-order valence-corrected chi connectivity index (χ1v) is 9.57. The molecule has 3 aromatic rings. The van der Waals surface area contributed by atoms with Crippen molar-refractivity contribution in [2.24, 2.45) is 0 Å². The maximum absolute atomic E-state index is 12.2. The Morgan fingerprint density at radius 3 is 2.50 bits per heavy atom. The zero-order valence-corrected chi connectivity index (χ0v) is 15.4. The number of aromatic amines is 1. The standard InChI is InChI=1S/C17H12Cl2N2O4S/c18-10-8-13(19)15-12(16(17(22)23)20-14(15)9-10)6-7-26(24,25)21-11-4-2-1-3-5-11/h1-9,20-21H,(H,22,23)/b7-6+. The number of hydrogen-bond acceptors (Lipinski definition) is 3. The van der Waals surface area contributed by atoms with Crippen LogP contribution in [0.3, 0.4) is 0 Å². The van der Waals surface area contributed by atoms with Gasteiger partial charge in [-0.2, -0.15) is 0 Å². The molecule has 6 nitrogen and oxygen atoms in total. The lowest BCUT2D eigenvalue weighted by atomic mass is 10.1. The molecule has 2 aromatic carbocycles. The summed E-state index contributed by atoms with van der Waals surface area (Å²) in [6.07, 6.45) is 1.19. The molecule has 0 aliphatic carbocycles. The Labute approximate surface area is 159 Å². The Bertz CT molecular complexity index is 1120. The van der Waals surface area contributed by atoms with E-state index in [0.717, 1.165) is 5.41 Å². The summed E-state index contributed by atoms with van der Waals surface area (Å²) in [6, 6.07) is 11.3. The van der Waals surface area contributed by atoms with E-state index in [9.17, 15) is 18.3 Å². The lowest BCUT2D eigenvalue weighted by Crippen LogP contribution is -2.08. The van der Waals surface area contributed by atoms with E-state index in [2.05, 4.69) is 9.71 Å². The van der Waals surface area contributed by atoms with Crippen LogP contribution in [0.25, 0.3) is 17.0 Å². The normalized spacial score (nSPS) is 11.9. The fourth-order valence-electron chi connectivity index (χ4n) is 2.47. The number of anilines is 1. The SMILES string of the molecule is O=C(O)c1[nH]c2cc(Cl)cc(Cl)c2c1/C=C/S(=O)(=O)Nc1ccccc1. The minimum Gasteiger partial charge on any atom is -0.477 e. The molecule has 0 spiro atoms. The van der Waals surface area contributed by atoms with Crippen molar-refractivity contribution in [3.8, 4) is 0 Å². The number of sulfonamides is 1. The number of aromatic carboxylic acids is 1. The smallest absolute Gasteiger partial charge is 0.352 e. The number of carbonyl (C=O) groups is 1. The largest absolute Gasteiger partial charge is 0.477 e. The van der Waals surface area contributed by atoms with Crippen molar-refractivity contribution in [2.75, 3.05) is 4.72 Å². The van der Waals surface area contributed by atoms with Gasteiger partial charge in [0.2, 0.25) is 0 Å². The van der Waals surface area contributed by atoms with Gasteiger partial charge in [0.1, 0.15) is 5.69 Å². The maximum Gasteiger partial charge on any atom is 0.352 e. The summed E-state index contributed by atoms with van der Waals surface area (Å²) in [5.41, 5.74) is 0.746. The Balaban J connectivity index is 2.06. The highest BCUT2D eigenvalue weighted by Crippen LogP contribution is 2.33. The van der Waals surface area contributed by atoms with Gasteiger partial charge >= 0.3 is 5.97 Å². The number of rotatable bonds is 5. The lowest BCUT2D eigenvalue weighted by molar-refractivity contribution is 0.0691. The van der Waals surface area contributed by atoms with Crippen molar-refractivity contribution < 1.29 is 18.3 Å². The fraction of sp³-hybridized carbons (Fsp3) is 0. The van der Waals surface area contributed by atoms with Crippen molar-refractivity contribution in [1.82, 2.24) is 4.98 Å². The number of para-hydroxylation sites is 1. The molecular formula is C17H12Cl2N2O4S. The first-order valence-electron chi connectivity index (χ1n) is 7.27. The number of benzene rings is 2. The van der Waals surface area contributed by atoms with E-state index in [1.165, 1.54) is 18.2 Å². The third kappa shape index (κ3) is 3.85. The van der Waals surface area contributed by atoms with Gasteiger partial charge in [0.15, 0.2) is 0 Å². The van der Waals surface area contributed by atoms with E-state index >= 15 is 0 Å². The molecule has 0 radical (unpaired) electrons. The third-order valence-electron chi connectivity index (χ3n) is 3.51. The van der Waals surface area contributed by atoms with Crippen molar-refractivity contribution in [2.45, 2.75) is 0 Å². The van der Waals surface area contributed by atoms with Crippen LogP contribution in [0.2, 0.25) is 10.0 Å². The fourth-order valence-corrected chi connectivity index (χ4v) is 3.91. The summed E-state index contributed by atoms with van der Waals surface area (Å²) in [5.74, 6) is -1.25. The number of halogens is 2. The molecule has 0 amide bonds. The average Bonchev–Trinajstić information content (AvgIpc) is 2.92. The molecule has 0 saturated heterocycles. The van der Waals surface area contributed by atoms with Crippen LogP contribution in [-0.4, -0.2) is 24.5 Å². The quantitative estimate of drug-likeness (QED) is 0.572. The molecular weight excluding hydrogens is 399 g/mol. The highest BCUT2D eigenvalue weighted by molar-refractivity contribution is 7.95. The molecule has 9 heteroatoms. The number of carboxylic acid groups (broad SMARTS) is 1. The van der Waals surface area contributed by atoms with E-state index in [4.69, 9.17) is 23.2 Å². The van der Waals surface area contributed by atoms with Gasteiger partial charge in [-0.1, -0.05) is 41.4 Å². The van der Waals surface area contributed by atoms with Crippen LogP contribution >= 0.6 is 23.2 Å². The number of aromatic nitrogens is 1. The molecule has 0 saturated carbocycles. The van der Waals surface area contributed by atoms with Crippen molar-refractivity contribution in [1.29, 1.82) is 0 Å². The summed E-state index contributed by atoms with van der Waals surface area (Å²) >= 11 is 12.1. The number of nitrogens with one attached hydrogen (secondary N) is 2. The van der Waals surface area contributed by atoms with E-state index < -0.39 is 16.0 Å². The van der Waals surface area contributed by atoms with Crippen molar-refractivity contribution >= 4 is 61.9 Å². The van der Waals surface area contributed by atoms with Gasteiger partial charge in [-0.25, -0.2) is 13.2 Å². The van der Waals surface area contributed by atoms with Gasteiger partial charge in [0.05, 0.1) is 10.4 Å². The molecule has 0 bridgehead atoms. The summed E-state index contributed by atoms with van der Waals surface area (Å²) in [4.78, 5) is 14.2. The highest BCUT2D eigenvalue weighted by atomic mass is 35.5. The molecule has 3 N–H and O–H groups in total. The van der Waals surface area contributed by atoms with Crippen molar-refractivity contribution in [3.63, 3.8) is 0 Å². The molecule has 3 rings (SSSR count). The minimum atomic E-state index is -3.85. The number of hydrogen-bond donors (Lipinski definition) is 3. The molecule has 0 atom stereocenters. The summed E-state index contributed by atoms with van der Waals surface area (Å²) in [6.45, 7) is 0. The first kappa shape index (κ1) is 18.3.